The Hall–Kier alpha value is -1.61. The third-order valence-electron chi connectivity index (χ3n) is 3.22. The van der Waals surface area contributed by atoms with Gasteiger partial charge in [0.05, 0.1) is 0 Å². The van der Waals surface area contributed by atoms with Crippen LogP contribution < -0.4 is 0 Å². The Morgan fingerprint density at radius 3 is 2.89 bits per heavy atom. The summed E-state index contributed by atoms with van der Waals surface area (Å²) in [5, 5.41) is 8.61. The van der Waals surface area contributed by atoms with E-state index >= 15 is 0 Å². The van der Waals surface area contributed by atoms with Crippen molar-refractivity contribution in [1.82, 2.24) is 4.90 Å². The number of hydrogen-bond acceptors (Lipinski definition) is 2. The van der Waals surface area contributed by atoms with Gasteiger partial charge in [-0.3, -0.25) is 4.90 Å². The number of rotatable bonds is 6. The highest BCUT2D eigenvalue weighted by Crippen LogP contribution is 2.28. The Bertz CT molecular complexity index is 450. The maximum Gasteiger partial charge on any atom is 0.328 e. The van der Waals surface area contributed by atoms with E-state index in [-0.39, 0.29) is 0 Å². The highest BCUT2D eigenvalue weighted by Gasteiger charge is 2.27. The average Bonchev–Trinajstić information content (AvgIpc) is 3.18. The van der Waals surface area contributed by atoms with Crippen LogP contribution in [-0.4, -0.2) is 28.6 Å². The van der Waals surface area contributed by atoms with Gasteiger partial charge in [0.15, 0.2) is 0 Å². The lowest BCUT2D eigenvalue weighted by atomic mass is 10.1. The Morgan fingerprint density at radius 2 is 2.28 bits per heavy atom. The van der Waals surface area contributed by atoms with Crippen LogP contribution in [0.3, 0.4) is 0 Å². The topological polar surface area (TPSA) is 40.5 Å². The van der Waals surface area contributed by atoms with Gasteiger partial charge in [-0.05, 0) is 36.6 Å². The monoisotopic (exact) mass is 245 g/mol. The molecular weight excluding hydrogens is 226 g/mol. The molecule has 0 amide bonds. The van der Waals surface area contributed by atoms with Crippen molar-refractivity contribution in [3.8, 4) is 0 Å². The molecule has 1 aliphatic carbocycles. The fraction of sp³-hybridized carbons (Fsp3) is 0.400. The van der Waals surface area contributed by atoms with Crippen LogP contribution in [0.5, 0.6) is 0 Å². The summed E-state index contributed by atoms with van der Waals surface area (Å²) in [5.41, 5.74) is 2.19. The maximum absolute atomic E-state index is 10.5. The van der Waals surface area contributed by atoms with Crippen molar-refractivity contribution in [3.05, 3.63) is 41.5 Å². The Kier molecular flexibility index (Phi) is 4.15. The molecule has 0 heterocycles. The molecule has 0 spiro atoms. The predicted molar refractivity (Wildman–Crippen MR) is 72.2 cm³/mol. The minimum absolute atomic E-state index is 0.758. The summed E-state index contributed by atoms with van der Waals surface area (Å²) >= 11 is 0. The molecular formula is C15H19NO2. The van der Waals surface area contributed by atoms with Gasteiger partial charge in [-0.15, -0.1) is 0 Å². The fourth-order valence-electron chi connectivity index (χ4n) is 2.14. The molecule has 0 aromatic heterocycles. The summed E-state index contributed by atoms with van der Waals surface area (Å²) in [6, 6.07) is 8.83. The maximum atomic E-state index is 10.5. The Morgan fingerprint density at radius 1 is 1.50 bits per heavy atom. The lowest BCUT2D eigenvalue weighted by Gasteiger charge is -2.19. The second-order valence-corrected chi connectivity index (χ2v) is 4.71. The standard InChI is InChI=1S/C15H19NO2/c1-2-16(14-7-8-14)11-13-5-3-4-12(10-13)6-9-15(17)18/h3-6,9-10,14H,2,7-8,11H2,1H3,(H,17,18)/b9-6+. The van der Waals surface area contributed by atoms with Crippen molar-refractivity contribution in [2.75, 3.05) is 6.54 Å². The second-order valence-electron chi connectivity index (χ2n) is 4.71. The third kappa shape index (κ3) is 3.70. The zero-order valence-corrected chi connectivity index (χ0v) is 10.7. The molecule has 96 valence electrons. The van der Waals surface area contributed by atoms with Crippen molar-refractivity contribution < 1.29 is 9.90 Å². The van der Waals surface area contributed by atoms with E-state index in [1.165, 1.54) is 24.5 Å². The summed E-state index contributed by atoms with van der Waals surface area (Å²) < 4.78 is 0. The lowest BCUT2D eigenvalue weighted by molar-refractivity contribution is -0.131. The van der Waals surface area contributed by atoms with E-state index in [0.717, 1.165) is 24.7 Å². The Labute approximate surface area is 108 Å². The van der Waals surface area contributed by atoms with Crippen LogP contribution in [0.25, 0.3) is 6.08 Å². The van der Waals surface area contributed by atoms with E-state index < -0.39 is 5.97 Å². The van der Waals surface area contributed by atoms with Crippen LogP contribution >= 0.6 is 0 Å². The lowest BCUT2D eigenvalue weighted by Crippen LogP contribution is -2.24. The van der Waals surface area contributed by atoms with Gasteiger partial charge < -0.3 is 5.11 Å². The van der Waals surface area contributed by atoms with Crippen molar-refractivity contribution in [3.63, 3.8) is 0 Å². The zero-order valence-electron chi connectivity index (χ0n) is 10.7. The molecule has 1 fully saturated rings. The first-order chi connectivity index (χ1) is 8.69. The van der Waals surface area contributed by atoms with Gasteiger partial charge in [0.2, 0.25) is 0 Å². The van der Waals surface area contributed by atoms with Gasteiger partial charge in [-0.2, -0.15) is 0 Å². The summed E-state index contributed by atoms with van der Waals surface area (Å²) in [6.07, 6.45) is 5.44. The number of hydrogen-bond donors (Lipinski definition) is 1. The minimum Gasteiger partial charge on any atom is -0.478 e. The van der Waals surface area contributed by atoms with Gasteiger partial charge >= 0.3 is 5.97 Å². The number of carboxylic acids is 1. The molecule has 1 aromatic rings. The van der Waals surface area contributed by atoms with Crippen LogP contribution in [0.4, 0.5) is 0 Å². The van der Waals surface area contributed by atoms with E-state index in [9.17, 15) is 4.79 Å². The molecule has 3 nitrogen and oxygen atoms in total. The number of benzene rings is 1. The van der Waals surface area contributed by atoms with Crippen molar-refractivity contribution >= 4 is 12.0 Å². The molecule has 1 N–H and O–H groups in total. The van der Waals surface area contributed by atoms with Gasteiger partial charge in [-0.25, -0.2) is 4.79 Å². The first-order valence-electron chi connectivity index (χ1n) is 6.43. The van der Waals surface area contributed by atoms with Crippen LogP contribution in [0.1, 0.15) is 30.9 Å². The molecule has 3 heteroatoms. The van der Waals surface area contributed by atoms with Crippen molar-refractivity contribution in [2.45, 2.75) is 32.4 Å². The Balaban J connectivity index is 2.04. The van der Waals surface area contributed by atoms with E-state index in [1.54, 1.807) is 6.08 Å². The van der Waals surface area contributed by atoms with Crippen LogP contribution in [-0.2, 0) is 11.3 Å². The summed E-state index contributed by atoms with van der Waals surface area (Å²) in [6.45, 7) is 4.21. The minimum atomic E-state index is -0.909. The molecule has 0 unspecified atom stereocenters. The molecule has 18 heavy (non-hydrogen) atoms. The van der Waals surface area contributed by atoms with Gasteiger partial charge in [0.1, 0.15) is 0 Å². The van der Waals surface area contributed by atoms with E-state index in [0.29, 0.717) is 0 Å². The normalized spacial score (nSPS) is 15.4. The quantitative estimate of drug-likeness (QED) is 0.783. The number of nitrogens with zero attached hydrogens (tertiary/aromatic N) is 1. The highest BCUT2D eigenvalue weighted by atomic mass is 16.4. The zero-order chi connectivity index (χ0) is 13.0. The van der Waals surface area contributed by atoms with Crippen molar-refractivity contribution in [2.24, 2.45) is 0 Å². The SMILES string of the molecule is CCN(Cc1cccc(/C=C/C(=O)O)c1)C1CC1. The molecule has 0 atom stereocenters. The van der Waals surface area contributed by atoms with Gasteiger partial charge in [0, 0.05) is 18.7 Å². The fourth-order valence-corrected chi connectivity index (χ4v) is 2.14. The highest BCUT2D eigenvalue weighted by molar-refractivity contribution is 5.85. The predicted octanol–water partition coefficient (Wildman–Crippen LogP) is 2.77. The first-order valence-corrected chi connectivity index (χ1v) is 6.43. The molecule has 0 radical (unpaired) electrons. The second kappa shape index (κ2) is 5.83. The number of carbonyl (C=O) groups is 1. The van der Waals surface area contributed by atoms with Crippen LogP contribution in [0.2, 0.25) is 0 Å². The molecule has 0 saturated heterocycles. The van der Waals surface area contributed by atoms with E-state index in [1.807, 2.05) is 12.1 Å². The molecule has 1 aromatic carbocycles. The van der Waals surface area contributed by atoms with Crippen LogP contribution in [0, 0.1) is 0 Å². The van der Waals surface area contributed by atoms with Gasteiger partial charge in [-0.1, -0.05) is 31.2 Å². The largest absolute Gasteiger partial charge is 0.478 e. The van der Waals surface area contributed by atoms with E-state index in [2.05, 4.69) is 24.0 Å². The molecule has 1 saturated carbocycles. The third-order valence-corrected chi connectivity index (χ3v) is 3.22. The molecule has 2 rings (SSSR count). The number of carboxylic acid groups (broad SMARTS) is 1. The summed E-state index contributed by atoms with van der Waals surface area (Å²) in [5.74, 6) is -0.909. The smallest absolute Gasteiger partial charge is 0.328 e. The summed E-state index contributed by atoms with van der Waals surface area (Å²) in [7, 11) is 0. The van der Waals surface area contributed by atoms with E-state index in [4.69, 9.17) is 5.11 Å². The van der Waals surface area contributed by atoms with Crippen LogP contribution in [0.15, 0.2) is 30.3 Å². The molecule has 0 bridgehead atoms. The average molecular weight is 245 g/mol. The summed E-state index contributed by atoms with van der Waals surface area (Å²) in [4.78, 5) is 13.0. The van der Waals surface area contributed by atoms with Crippen molar-refractivity contribution in [1.29, 1.82) is 0 Å². The first kappa shape index (κ1) is 12.8. The van der Waals surface area contributed by atoms with Gasteiger partial charge in [0.25, 0.3) is 0 Å². The molecule has 1 aliphatic rings. The number of aliphatic carboxylic acids is 1. The molecule has 0 aliphatic heterocycles.